The number of anilines is 1. The van der Waals surface area contributed by atoms with Gasteiger partial charge in [0, 0.05) is 17.3 Å². The molecule has 1 aromatic rings. The molecule has 1 aliphatic carbocycles. The highest BCUT2D eigenvalue weighted by Gasteiger charge is 2.37. The topological polar surface area (TPSA) is 37.8 Å². The maximum absolute atomic E-state index is 4.29. The lowest BCUT2D eigenvalue weighted by Crippen LogP contribution is -2.33. The van der Waals surface area contributed by atoms with Crippen LogP contribution >= 0.6 is 0 Å². The molecule has 0 bridgehead atoms. The Morgan fingerprint density at radius 2 is 2.00 bits per heavy atom. The van der Waals surface area contributed by atoms with Crippen LogP contribution in [0.2, 0.25) is 0 Å². The molecule has 3 heteroatoms. The van der Waals surface area contributed by atoms with Crippen LogP contribution in [0.4, 0.5) is 5.82 Å². The SMILES string of the molecule is CC(C)c1cc(NC(C)(C)C2CC2)ncn1. The van der Waals surface area contributed by atoms with Crippen LogP contribution in [0.3, 0.4) is 0 Å². The molecule has 0 spiro atoms. The van der Waals surface area contributed by atoms with Crippen LogP contribution in [0.25, 0.3) is 0 Å². The second-order valence-corrected chi connectivity index (χ2v) is 5.60. The van der Waals surface area contributed by atoms with Crippen molar-refractivity contribution in [3.63, 3.8) is 0 Å². The zero-order valence-electron chi connectivity index (χ0n) is 10.6. The Morgan fingerprint density at radius 1 is 1.31 bits per heavy atom. The molecule has 1 heterocycles. The molecule has 16 heavy (non-hydrogen) atoms. The van der Waals surface area contributed by atoms with Gasteiger partial charge in [0.05, 0.1) is 0 Å². The zero-order valence-corrected chi connectivity index (χ0v) is 10.6. The van der Waals surface area contributed by atoms with E-state index in [4.69, 9.17) is 0 Å². The molecular formula is C13H21N3. The third-order valence-electron chi connectivity index (χ3n) is 3.33. The first-order chi connectivity index (χ1) is 7.49. The molecule has 1 aliphatic rings. The minimum Gasteiger partial charge on any atom is -0.365 e. The largest absolute Gasteiger partial charge is 0.365 e. The van der Waals surface area contributed by atoms with Crippen molar-refractivity contribution in [2.75, 3.05) is 5.32 Å². The Morgan fingerprint density at radius 3 is 2.56 bits per heavy atom. The van der Waals surface area contributed by atoms with Crippen molar-refractivity contribution in [2.24, 2.45) is 5.92 Å². The van der Waals surface area contributed by atoms with Crippen LogP contribution in [0, 0.1) is 5.92 Å². The molecule has 0 aromatic carbocycles. The monoisotopic (exact) mass is 219 g/mol. The summed E-state index contributed by atoms with van der Waals surface area (Å²) in [5.41, 5.74) is 1.26. The lowest BCUT2D eigenvalue weighted by atomic mass is 9.99. The van der Waals surface area contributed by atoms with Crippen LogP contribution in [-0.2, 0) is 0 Å². The van der Waals surface area contributed by atoms with E-state index in [9.17, 15) is 0 Å². The fraction of sp³-hybridized carbons (Fsp3) is 0.692. The molecule has 1 aromatic heterocycles. The van der Waals surface area contributed by atoms with E-state index in [1.165, 1.54) is 12.8 Å². The molecule has 0 unspecified atom stereocenters. The maximum Gasteiger partial charge on any atom is 0.130 e. The van der Waals surface area contributed by atoms with E-state index < -0.39 is 0 Å². The second kappa shape index (κ2) is 4.04. The Kier molecular flexibility index (Phi) is 2.87. The summed E-state index contributed by atoms with van der Waals surface area (Å²) in [6.45, 7) is 8.81. The summed E-state index contributed by atoms with van der Waals surface area (Å²) >= 11 is 0. The first-order valence-corrected chi connectivity index (χ1v) is 6.09. The summed E-state index contributed by atoms with van der Waals surface area (Å²) in [4.78, 5) is 8.57. The number of aromatic nitrogens is 2. The number of hydrogen-bond acceptors (Lipinski definition) is 3. The average molecular weight is 219 g/mol. The van der Waals surface area contributed by atoms with E-state index in [0.717, 1.165) is 17.4 Å². The van der Waals surface area contributed by atoms with Crippen LogP contribution < -0.4 is 5.32 Å². The number of hydrogen-bond donors (Lipinski definition) is 1. The molecule has 0 atom stereocenters. The highest BCUT2D eigenvalue weighted by atomic mass is 15.1. The Labute approximate surface area is 97.7 Å². The van der Waals surface area contributed by atoms with Gasteiger partial charge in [-0.2, -0.15) is 0 Å². The van der Waals surface area contributed by atoms with Crippen molar-refractivity contribution in [1.29, 1.82) is 0 Å². The smallest absolute Gasteiger partial charge is 0.130 e. The van der Waals surface area contributed by atoms with Crippen LogP contribution in [0.15, 0.2) is 12.4 Å². The first-order valence-electron chi connectivity index (χ1n) is 6.09. The second-order valence-electron chi connectivity index (χ2n) is 5.60. The highest BCUT2D eigenvalue weighted by molar-refractivity contribution is 5.39. The number of nitrogens with one attached hydrogen (secondary N) is 1. The fourth-order valence-corrected chi connectivity index (χ4v) is 1.99. The quantitative estimate of drug-likeness (QED) is 0.845. The molecule has 2 rings (SSSR count). The van der Waals surface area contributed by atoms with Crippen molar-refractivity contribution in [1.82, 2.24) is 9.97 Å². The lowest BCUT2D eigenvalue weighted by Gasteiger charge is -2.27. The Hall–Kier alpha value is -1.12. The predicted molar refractivity (Wildman–Crippen MR) is 66.5 cm³/mol. The van der Waals surface area contributed by atoms with Crippen LogP contribution in [0.5, 0.6) is 0 Å². The van der Waals surface area contributed by atoms with Crippen molar-refractivity contribution in [2.45, 2.75) is 52.0 Å². The molecule has 0 saturated heterocycles. The molecule has 1 fully saturated rings. The molecule has 0 amide bonds. The van der Waals surface area contributed by atoms with Crippen molar-refractivity contribution < 1.29 is 0 Å². The zero-order chi connectivity index (χ0) is 11.8. The predicted octanol–water partition coefficient (Wildman–Crippen LogP) is 3.20. The van der Waals surface area contributed by atoms with E-state index >= 15 is 0 Å². The van der Waals surface area contributed by atoms with Gasteiger partial charge in [0.25, 0.3) is 0 Å². The van der Waals surface area contributed by atoms with Gasteiger partial charge in [0.2, 0.25) is 0 Å². The summed E-state index contributed by atoms with van der Waals surface area (Å²) in [6, 6.07) is 2.06. The summed E-state index contributed by atoms with van der Waals surface area (Å²) in [6.07, 6.45) is 4.32. The van der Waals surface area contributed by atoms with Crippen LogP contribution in [0.1, 0.15) is 52.1 Å². The lowest BCUT2D eigenvalue weighted by molar-refractivity contribution is 0.492. The maximum atomic E-state index is 4.29. The summed E-state index contributed by atoms with van der Waals surface area (Å²) in [7, 11) is 0. The van der Waals surface area contributed by atoms with Gasteiger partial charge >= 0.3 is 0 Å². The van der Waals surface area contributed by atoms with E-state index in [1.807, 2.05) is 0 Å². The van der Waals surface area contributed by atoms with Crippen molar-refractivity contribution >= 4 is 5.82 Å². The summed E-state index contributed by atoms with van der Waals surface area (Å²) in [5, 5.41) is 3.52. The van der Waals surface area contributed by atoms with E-state index in [0.29, 0.717) is 5.92 Å². The molecule has 1 saturated carbocycles. The molecule has 0 aliphatic heterocycles. The van der Waals surface area contributed by atoms with Gasteiger partial charge in [0.1, 0.15) is 12.1 Å². The minimum atomic E-state index is 0.155. The third kappa shape index (κ3) is 2.52. The molecule has 0 radical (unpaired) electrons. The minimum absolute atomic E-state index is 0.155. The molecule has 1 N–H and O–H groups in total. The van der Waals surface area contributed by atoms with Gasteiger partial charge in [-0.05, 0) is 38.5 Å². The van der Waals surface area contributed by atoms with Crippen LogP contribution in [-0.4, -0.2) is 15.5 Å². The highest BCUT2D eigenvalue weighted by Crippen LogP contribution is 2.40. The van der Waals surface area contributed by atoms with E-state index in [-0.39, 0.29) is 5.54 Å². The Balaban J connectivity index is 2.11. The van der Waals surface area contributed by atoms with Crippen molar-refractivity contribution in [3.8, 4) is 0 Å². The number of nitrogens with zero attached hydrogens (tertiary/aromatic N) is 2. The normalized spacial score (nSPS) is 16.6. The van der Waals surface area contributed by atoms with Gasteiger partial charge in [-0.25, -0.2) is 9.97 Å². The van der Waals surface area contributed by atoms with Crippen molar-refractivity contribution in [3.05, 3.63) is 18.1 Å². The third-order valence-corrected chi connectivity index (χ3v) is 3.33. The van der Waals surface area contributed by atoms with Gasteiger partial charge in [-0.1, -0.05) is 13.8 Å². The molecule has 3 nitrogen and oxygen atoms in total. The Bertz CT molecular complexity index is 367. The van der Waals surface area contributed by atoms with Gasteiger partial charge in [0.15, 0.2) is 0 Å². The van der Waals surface area contributed by atoms with Gasteiger partial charge < -0.3 is 5.32 Å². The van der Waals surface area contributed by atoms with Gasteiger partial charge in [-0.15, -0.1) is 0 Å². The summed E-state index contributed by atoms with van der Waals surface area (Å²) < 4.78 is 0. The van der Waals surface area contributed by atoms with E-state index in [2.05, 4.69) is 49.0 Å². The summed E-state index contributed by atoms with van der Waals surface area (Å²) in [5.74, 6) is 2.20. The molecular weight excluding hydrogens is 198 g/mol. The molecule has 88 valence electrons. The number of rotatable bonds is 4. The first kappa shape index (κ1) is 11.4. The van der Waals surface area contributed by atoms with E-state index in [1.54, 1.807) is 6.33 Å². The average Bonchev–Trinajstić information content (AvgIpc) is 3.00. The fourth-order valence-electron chi connectivity index (χ4n) is 1.99. The standard InChI is InChI=1S/C13H21N3/c1-9(2)11-7-12(15-8-14-11)16-13(3,4)10-5-6-10/h7-10H,5-6H2,1-4H3,(H,14,15,16). The van der Waals surface area contributed by atoms with Gasteiger partial charge in [-0.3, -0.25) is 0 Å².